The molecule has 1 N–H and O–H groups in total. The van der Waals surface area contributed by atoms with Gasteiger partial charge in [-0.15, -0.1) is 0 Å². The first kappa shape index (κ1) is 13.7. The molecule has 1 fully saturated rings. The molecule has 106 valence electrons. The van der Waals surface area contributed by atoms with Gasteiger partial charge in [-0.05, 0) is 50.9 Å². The number of nitrogens with one attached hydrogen (secondary N) is 1. The van der Waals surface area contributed by atoms with E-state index >= 15 is 0 Å². The molecule has 0 radical (unpaired) electrons. The molecule has 0 amide bonds. The van der Waals surface area contributed by atoms with E-state index in [4.69, 9.17) is 4.52 Å². The average molecular weight is 340 g/mol. The Kier molecular flexibility index (Phi) is 3.60. The molecule has 0 saturated carbocycles. The molecular weight excluding hydrogens is 325 g/mol. The van der Waals surface area contributed by atoms with Crippen molar-refractivity contribution in [3.8, 4) is 11.4 Å². The van der Waals surface area contributed by atoms with E-state index in [0.29, 0.717) is 17.3 Å². The Morgan fingerprint density at radius 1 is 1.40 bits per heavy atom. The average Bonchev–Trinajstić information content (AvgIpc) is 2.93. The number of piperidine rings is 1. The Morgan fingerprint density at radius 2 is 2.25 bits per heavy atom. The summed E-state index contributed by atoms with van der Waals surface area (Å²) in [6.45, 7) is 3.00. The van der Waals surface area contributed by atoms with Gasteiger partial charge in [0, 0.05) is 10.0 Å². The fourth-order valence-electron chi connectivity index (χ4n) is 2.46. The van der Waals surface area contributed by atoms with Crippen LogP contribution >= 0.6 is 15.9 Å². The second kappa shape index (κ2) is 5.26. The van der Waals surface area contributed by atoms with Crippen LogP contribution in [0.5, 0.6) is 0 Å². The first-order chi connectivity index (χ1) is 9.58. The number of rotatable bonds is 2. The molecule has 0 bridgehead atoms. The minimum Gasteiger partial charge on any atom is -0.337 e. The molecule has 1 aliphatic heterocycles. The van der Waals surface area contributed by atoms with Gasteiger partial charge in [-0.1, -0.05) is 21.1 Å². The monoisotopic (exact) mass is 339 g/mol. The molecule has 1 unspecified atom stereocenters. The molecule has 2 aromatic rings. The van der Waals surface area contributed by atoms with E-state index in [1.54, 1.807) is 6.07 Å². The number of halogens is 2. The summed E-state index contributed by atoms with van der Waals surface area (Å²) in [5, 5.41) is 7.41. The van der Waals surface area contributed by atoms with Gasteiger partial charge >= 0.3 is 0 Å². The smallest absolute Gasteiger partial charge is 0.246 e. The normalized spacial score (nSPS) is 22.9. The summed E-state index contributed by atoms with van der Waals surface area (Å²) in [5.74, 6) is 0.639. The summed E-state index contributed by atoms with van der Waals surface area (Å²) >= 11 is 3.38. The lowest BCUT2D eigenvalue weighted by atomic mass is 9.91. The molecule has 1 aromatic heterocycles. The maximum Gasteiger partial charge on any atom is 0.246 e. The van der Waals surface area contributed by atoms with Crippen molar-refractivity contribution in [2.24, 2.45) is 0 Å². The third kappa shape index (κ3) is 2.50. The number of nitrogens with zero attached hydrogens (tertiary/aromatic N) is 2. The first-order valence-electron chi connectivity index (χ1n) is 6.63. The highest BCUT2D eigenvalue weighted by Crippen LogP contribution is 2.32. The molecule has 2 heterocycles. The third-order valence-corrected chi connectivity index (χ3v) is 4.38. The zero-order valence-corrected chi connectivity index (χ0v) is 12.7. The van der Waals surface area contributed by atoms with E-state index < -0.39 is 0 Å². The molecule has 1 aromatic carbocycles. The molecular formula is C14H15BrFN3O. The minimum absolute atomic E-state index is 0.288. The van der Waals surface area contributed by atoms with Crippen LogP contribution in [0, 0.1) is 5.82 Å². The molecule has 0 aliphatic carbocycles. The van der Waals surface area contributed by atoms with Crippen LogP contribution in [0.25, 0.3) is 11.4 Å². The summed E-state index contributed by atoms with van der Waals surface area (Å²) < 4.78 is 19.5. The maximum atomic E-state index is 13.4. The van der Waals surface area contributed by atoms with Gasteiger partial charge in [0.25, 0.3) is 0 Å². The Balaban J connectivity index is 1.95. The predicted molar refractivity (Wildman–Crippen MR) is 76.6 cm³/mol. The predicted octanol–water partition coefficient (Wildman–Crippen LogP) is 3.63. The van der Waals surface area contributed by atoms with Gasteiger partial charge in [0.05, 0.1) is 5.54 Å². The van der Waals surface area contributed by atoms with Gasteiger partial charge in [-0.25, -0.2) is 4.39 Å². The largest absolute Gasteiger partial charge is 0.337 e. The fraction of sp³-hybridized carbons (Fsp3) is 0.429. The lowest BCUT2D eigenvalue weighted by molar-refractivity contribution is 0.207. The zero-order valence-electron chi connectivity index (χ0n) is 11.1. The highest BCUT2D eigenvalue weighted by molar-refractivity contribution is 9.10. The fourth-order valence-corrected chi connectivity index (χ4v) is 2.89. The van der Waals surface area contributed by atoms with Gasteiger partial charge in [-0.2, -0.15) is 4.98 Å². The molecule has 1 saturated heterocycles. The van der Waals surface area contributed by atoms with Crippen molar-refractivity contribution in [2.45, 2.75) is 31.7 Å². The Morgan fingerprint density at radius 3 is 3.00 bits per heavy atom. The van der Waals surface area contributed by atoms with Crippen LogP contribution in [-0.2, 0) is 5.54 Å². The van der Waals surface area contributed by atoms with Gasteiger partial charge in [0.1, 0.15) is 5.82 Å². The van der Waals surface area contributed by atoms with E-state index in [2.05, 4.69) is 38.3 Å². The van der Waals surface area contributed by atoms with Crippen molar-refractivity contribution in [1.29, 1.82) is 0 Å². The van der Waals surface area contributed by atoms with Crippen LogP contribution in [-0.4, -0.2) is 16.7 Å². The van der Waals surface area contributed by atoms with Crippen molar-refractivity contribution in [3.63, 3.8) is 0 Å². The molecule has 1 atom stereocenters. The number of benzene rings is 1. The number of hydrogen-bond donors (Lipinski definition) is 1. The van der Waals surface area contributed by atoms with Gasteiger partial charge in [0.2, 0.25) is 11.7 Å². The second-order valence-corrected chi connectivity index (χ2v) is 6.12. The standard InChI is InChI=1S/C14H15BrFN3O/c1-14(6-2-3-7-17-14)13-18-12(19-20-13)10-8-9(16)4-5-11(10)15/h4-5,8,17H,2-3,6-7H2,1H3. The highest BCUT2D eigenvalue weighted by atomic mass is 79.9. The topological polar surface area (TPSA) is 51.0 Å². The summed E-state index contributed by atoms with van der Waals surface area (Å²) in [5.41, 5.74) is 0.308. The SMILES string of the molecule is CC1(c2nc(-c3cc(F)ccc3Br)no2)CCCCN1. The quantitative estimate of drug-likeness (QED) is 0.907. The van der Waals surface area contributed by atoms with Crippen molar-refractivity contribution < 1.29 is 8.91 Å². The van der Waals surface area contributed by atoms with Gasteiger partial charge < -0.3 is 9.84 Å². The minimum atomic E-state index is -0.323. The van der Waals surface area contributed by atoms with Crippen LogP contribution in [0.1, 0.15) is 32.1 Å². The van der Waals surface area contributed by atoms with Crippen molar-refractivity contribution in [1.82, 2.24) is 15.5 Å². The Hall–Kier alpha value is -1.27. The van der Waals surface area contributed by atoms with Gasteiger partial charge in [0.15, 0.2) is 0 Å². The van der Waals surface area contributed by atoms with Crippen molar-refractivity contribution in [3.05, 3.63) is 34.4 Å². The van der Waals surface area contributed by atoms with E-state index in [0.717, 1.165) is 30.3 Å². The van der Waals surface area contributed by atoms with E-state index in [9.17, 15) is 4.39 Å². The molecule has 1 aliphatic rings. The van der Waals surface area contributed by atoms with Crippen LogP contribution in [0.4, 0.5) is 4.39 Å². The summed E-state index contributed by atoms with van der Waals surface area (Å²) in [6.07, 6.45) is 3.25. The lowest BCUT2D eigenvalue weighted by Gasteiger charge is -2.31. The molecule has 6 heteroatoms. The highest BCUT2D eigenvalue weighted by Gasteiger charge is 2.34. The Bertz CT molecular complexity index is 623. The van der Waals surface area contributed by atoms with Gasteiger partial charge in [-0.3, -0.25) is 0 Å². The van der Waals surface area contributed by atoms with Crippen LogP contribution < -0.4 is 5.32 Å². The molecule has 4 nitrogen and oxygen atoms in total. The molecule has 0 spiro atoms. The third-order valence-electron chi connectivity index (χ3n) is 3.69. The first-order valence-corrected chi connectivity index (χ1v) is 7.42. The lowest BCUT2D eigenvalue weighted by Crippen LogP contribution is -2.43. The van der Waals surface area contributed by atoms with Crippen LogP contribution in [0.3, 0.4) is 0 Å². The zero-order chi connectivity index (χ0) is 14.2. The molecule has 3 rings (SSSR count). The van der Waals surface area contributed by atoms with Crippen LogP contribution in [0.15, 0.2) is 27.2 Å². The van der Waals surface area contributed by atoms with E-state index in [1.165, 1.54) is 12.1 Å². The summed E-state index contributed by atoms with van der Waals surface area (Å²) in [6, 6.07) is 4.43. The van der Waals surface area contributed by atoms with E-state index in [-0.39, 0.29) is 11.4 Å². The van der Waals surface area contributed by atoms with Crippen molar-refractivity contribution in [2.75, 3.05) is 6.54 Å². The second-order valence-electron chi connectivity index (χ2n) is 5.26. The molecule has 20 heavy (non-hydrogen) atoms. The summed E-state index contributed by atoms with van der Waals surface area (Å²) in [4.78, 5) is 4.44. The van der Waals surface area contributed by atoms with Crippen molar-refractivity contribution >= 4 is 15.9 Å². The van der Waals surface area contributed by atoms with Crippen LogP contribution in [0.2, 0.25) is 0 Å². The number of aromatic nitrogens is 2. The Labute approximate surface area is 124 Å². The maximum absolute atomic E-state index is 13.4. The summed E-state index contributed by atoms with van der Waals surface area (Å²) in [7, 11) is 0. The van der Waals surface area contributed by atoms with E-state index in [1.807, 2.05) is 0 Å². The number of hydrogen-bond acceptors (Lipinski definition) is 4.